The molecule has 1 heterocycles. The SMILES string of the molecule is CC(C)Oc1c(F)cc(N)cc1-c1nnnn1C. The highest BCUT2D eigenvalue weighted by Crippen LogP contribution is 2.33. The third kappa shape index (κ3) is 2.24. The number of nitrogens with zero attached hydrogens (tertiary/aromatic N) is 4. The van der Waals surface area contributed by atoms with Crippen LogP contribution in [0, 0.1) is 5.82 Å². The fourth-order valence-electron chi connectivity index (χ4n) is 1.59. The molecule has 7 heteroatoms. The van der Waals surface area contributed by atoms with Gasteiger partial charge in [-0.15, -0.1) is 5.10 Å². The van der Waals surface area contributed by atoms with Crippen LogP contribution in [0.15, 0.2) is 12.1 Å². The smallest absolute Gasteiger partial charge is 0.185 e. The molecule has 2 aromatic rings. The van der Waals surface area contributed by atoms with Crippen molar-refractivity contribution in [2.24, 2.45) is 7.05 Å². The van der Waals surface area contributed by atoms with Crippen LogP contribution in [-0.2, 0) is 7.05 Å². The lowest BCUT2D eigenvalue weighted by molar-refractivity contribution is 0.232. The van der Waals surface area contributed by atoms with Crippen molar-refractivity contribution in [3.8, 4) is 17.1 Å². The summed E-state index contributed by atoms with van der Waals surface area (Å²) in [5, 5.41) is 11.1. The summed E-state index contributed by atoms with van der Waals surface area (Å²) >= 11 is 0. The first-order chi connectivity index (χ1) is 8.49. The number of hydrogen-bond acceptors (Lipinski definition) is 5. The number of ether oxygens (including phenoxy) is 1. The molecular weight excluding hydrogens is 237 g/mol. The number of nitrogens with two attached hydrogens (primary N) is 1. The summed E-state index contributed by atoms with van der Waals surface area (Å²) in [5.74, 6) is -0.0179. The molecule has 0 saturated carbocycles. The maximum Gasteiger partial charge on any atom is 0.185 e. The number of aromatic nitrogens is 4. The van der Waals surface area contributed by atoms with Gasteiger partial charge in [0.1, 0.15) is 0 Å². The average molecular weight is 251 g/mol. The molecule has 0 spiro atoms. The predicted molar refractivity (Wildman–Crippen MR) is 64.4 cm³/mol. The van der Waals surface area contributed by atoms with E-state index in [2.05, 4.69) is 15.5 Å². The summed E-state index contributed by atoms with van der Waals surface area (Å²) in [5.41, 5.74) is 6.37. The Hall–Kier alpha value is -2.18. The second kappa shape index (κ2) is 4.59. The van der Waals surface area contributed by atoms with Crippen molar-refractivity contribution in [1.82, 2.24) is 20.2 Å². The van der Waals surface area contributed by atoms with Crippen molar-refractivity contribution in [2.75, 3.05) is 5.73 Å². The molecule has 0 fully saturated rings. The maximum atomic E-state index is 13.9. The van der Waals surface area contributed by atoms with Crippen molar-refractivity contribution >= 4 is 5.69 Å². The molecule has 2 N–H and O–H groups in total. The van der Waals surface area contributed by atoms with Gasteiger partial charge in [0.25, 0.3) is 0 Å². The van der Waals surface area contributed by atoms with Gasteiger partial charge in [0.2, 0.25) is 0 Å². The molecule has 96 valence electrons. The maximum absolute atomic E-state index is 13.9. The van der Waals surface area contributed by atoms with Crippen LogP contribution in [-0.4, -0.2) is 26.3 Å². The molecule has 0 bridgehead atoms. The minimum atomic E-state index is -0.526. The van der Waals surface area contributed by atoms with E-state index in [0.717, 1.165) is 0 Å². The fourth-order valence-corrected chi connectivity index (χ4v) is 1.59. The molecule has 0 aliphatic heterocycles. The van der Waals surface area contributed by atoms with Crippen LogP contribution in [0.5, 0.6) is 5.75 Å². The van der Waals surface area contributed by atoms with Crippen LogP contribution < -0.4 is 10.5 Å². The molecule has 0 atom stereocenters. The number of anilines is 1. The molecule has 0 amide bonds. The zero-order valence-corrected chi connectivity index (χ0v) is 10.4. The van der Waals surface area contributed by atoms with Gasteiger partial charge in [0.15, 0.2) is 17.4 Å². The molecule has 1 aromatic carbocycles. The minimum absolute atomic E-state index is 0.108. The van der Waals surface area contributed by atoms with Gasteiger partial charge in [-0.3, -0.25) is 0 Å². The number of tetrazole rings is 1. The quantitative estimate of drug-likeness (QED) is 0.834. The van der Waals surface area contributed by atoms with Crippen molar-refractivity contribution in [3.63, 3.8) is 0 Å². The van der Waals surface area contributed by atoms with E-state index in [4.69, 9.17) is 10.5 Å². The Labute approximate surface area is 104 Å². The summed E-state index contributed by atoms with van der Waals surface area (Å²) in [6.45, 7) is 3.63. The second-order valence-corrected chi connectivity index (χ2v) is 4.17. The predicted octanol–water partition coefficient (Wildman–Crippen LogP) is 1.39. The first-order valence-corrected chi connectivity index (χ1v) is 5.47. The van der Waals surface area contributed by atoms with Crippen LogP contribution in [0.1, 0.15) is 13.8 Å². The monoisotopic (exact) mass is 251 g/mol. The van der Waals surface area contributed by atoms with Crippen LogP contribution in [0.25, 0.3) is 11.4 Å². The third-order valence-corrected chi connectivity index (χ3v) is 2.28. The number of halogens is 1. The zero-order chi connectivity index (χ0) is 13.3. The first-order valence-electron chi connectivity index (χ1n) is 5.47. The van der Waals surface area contributed by atoms with Crippen LogP contribution >= 0.6 is 0 Å². The van der Waals surface area contributed by atoms with Gasteiger partial charge in [-0.2, -0.15) is 0 Å². The Morgan fingerprint density at radius 1 is 1.39 bits per heavy atom. The first kappa shape index (κ1) is 12.3. The highest BCUT2D eigenvalue weighted by atomic mass is 19.1. The lowest BCUT2D eigenvalue weighted by Crippen LogP contribution is -2.09. The number of aryl methyl sites for hydroxylation is 1. The van der Waals surface area contributed by atoms with E-state index in [1.165, 1.54) is 10.7 Å². The van der Waals surface area contributed by atoms with Crippen LogP contribution in [0.2, 0.25) is 0 Å². The van der Waals surface area contributed by atoms with E-state index in [1.54, 1.807) is 13.1 Å². The Morgan fingerprint density at radius 3 is 2.67 bits per heavy atom. The molecule has 6 nitrogen and oxygen atoms in total. The topological polar surface area (TPSA) is 78.8 Å². The summed E-state index contributed by atoms with van der Waals surface area (Å²) in [6, 6.07) is 2.80. The van der Waals surface area contributed by atoms with E-state index < -0.39 is 5.82 Å². The summed E-state index contributed by atoms with van der Waals surface area (Å²) in [7, 11) is 1.66. The number of rotatable bonds is 3. The van der Waals surface area contributed by atoms with Gasteiger partial charge in [-0.1, -0.05) is 0 Å². The molecule has 0 aliphatic rings. The summed E-state index contributed by atoms with van der Waals surface area (Å²) in [6.07, 6.45) is -0.164. The van der Waals surface area contributed by atoms with E-state index >= 15 is 0 Å². The molecular formula is C11H14FN5O. The Balaban J connectivity index is 2.61. The van der Waals surface area contributed by atoms with E-state index in [0.29, 0.717) is 17.1 Å². The van der Waals surface area contributed by atoms with Gasteiger partial charge in [-0.05, 0) is 30.3 Å². The Bertz CT molecular complexity index is 567. The zero-order valence-electron chi connectivity index (χ0n) is 10.4. The van der Waals surface area contributed by atoms with Crippen molar-refractivity contribution < 1.29 is 9.13 Å². The van der Waals surface area contributed by atoms with E-state index in [9.17, 15) is 4.39 Å². The van der Waals surface area contributed by atoms with Crippen molar-refractivity contribution in [3.05, 3.63) is 17.9 Å². The number of hydrogen-bond donors (Lipinski definition) is 1. The largest absolute Gasteiger partial charge is 0.487 e. The Morgan fingerprint density at radius 2 is 2.11 bits per heavy atom. The lowest BCUT2D eigenvalue weighted by Gasteiger charge is -2.14. The molecule has 0 radical (unpaired) electrons. The average Bonchev–Trinajstić information content (AvgIpc) is 2.67. The molecule has 0 unspecified atom stereocenters. The van der Waals surface area contributed by atoms with E-state index in [1.807, 2.05) is 13.8 Å². The Kier molecular flexibility index (Phi) is 3.14. The third-order valence-electron chi connectivity index (χ3n) is 2.28. The van der Waals surface area contributed by atoms with E-state index in [-0.39, 0.29) is 11.9 Å². The van der Waals surface area contributed by atoms with Gasteiger partial charge in [-0.25, -0.2) is 9.07 Å². The van der Waals surface area contributed by atoms with Gasteiger partial charge in [0, 0.05) is 18.8 Å². The summed E-state index contributed by atoms with van der Waals surface area (Å²) < 4.78 is 20.8. The highest BCUT2D eigenvalue weighted by Gasteiger charge is 2.18. The fraction of sp³-hybridized carbons (Fsp3) is 0.364. The van der Waals surface area contributed by atoms with Crippen molar-refractivity contribution in [1.29, 1.82) is 0 Å². The molecule has 0 aliphatic carbocycles. The molecule has 1 aromatic heterocycles. The van der Waals surface area contributed by atoms with Crippen LogP contribution in [0.4, 0.5) is 10.1 Å². The standard InChI is InChI=1S/C11H14FN5O/c1-6(2)18-10-8(4-7(13)5-9(10)12)11-14-15-16-17(11)3/h4-6H,13H2,1-3H3. The second-order valence-electron chi connectivity index (χ2n) is 4.17. The van der Waals surface area contributed by atoms with Gasteiger partial charge in [0.05, 0.1) is 11.7 Å². The molecule has 18 heavy (non-hydrogen) atoms. The number of benzene rings is 1. The molecule has 0 saturated heterocycles. The van der Waals surface area contributed by atoms with Gasteiger partial charge >= 0.3 is 0 Å². The highest BCUT2D eigenvalue weighted by molar-refractivity contribution is 5.69. The normalized spacial score (nSPS) is 10.9. The minimum Gasteiger partial charge on any atom is -0.487 e. The number of nitrogen functional groups attached to an aromatic ring is 1. The van der Waals surface area contributed by atoms with Gasteiger partial charge < -0.3 is 10.5 Å². The lowest BCUT2D eigenvalue weighted by atomic mass is 10.1. The molecule has 2 rings (SSSR count). The summed E-state index contributed by atoms with van der Waals surface area (Å²) in [4.78, 5) is 0. The van der Waals surface area contributed by atoms with Crippen molar-refractivity contribution in [2.45, 2.75) is 20.0 Å². The van der Waals surface area contributed by atoms with Crippen LogP contribution in [0.3, 0.4) is 0 Å².